The molecule has 1 aromatic carbocycles. The molecule has 0 N–H and O–H groups in total. The molecule has 10 heteroatoms. The predicted molar refractivity (Wildman–Crippen MR) is 167 cm³/mol. The number of carbonyl (C=O) groups excluding carboxylic acids is 1. The van der Waals surface area contributed by atoms with Gasteiger partial charge in [-0.25, -0.2) is 15.0 Å². The number of hydrogen-bond donors (Lipinski definition) is 0. The molecule has 0 atom stereocenters. The van der Waals surface area contributed by atoms with Gasteiger partial charge in [0.2, 0.25) is 0 Å². The average Bonchev–Trinajstić information content (AvgIpc) is 3.35. The summed E-state index contributed by atoms with van der Waals surface area (Å²) in [5.74, 6) is 0.959. The van der Waals surface area contributed by atoms with Crippen molar-refractivity contribution in [2.45, 2.75) is 66.8 Å². The van der Waals surface area contributed by atoms with E-state index in [1.807, 2.05) is 45.9 Å². The number of alkyl halides is 3. The number of esters is 1. The van der Waals surface area contributed by atoms with Crippen molar-refractivity contribution in [1.82, 2.24) is 14.5 Å². The number of rotatable bonds is 11. The van der Waals surface area contributed by atoms with Crippen molar-refractivity contribution in [3.63, 3.8) is 0 Å². The van der Waals surface area contributed by atoms with E-state index in [1.54, 1.807) is 6.20 Å². The van der Waals surface area contributed by atoms with Crippen LogP contribution in [0.1, 0.15) is 57.4 Å². The third-order valence-corrected chi connectivity index (χ3v) is 8.29. The van der Waals surface area contributed by atoms with Crippen molar-refractivity contribution in [2.75, 3.05) is 38.2 Å². The van der Waals surface area contributed by atoms with Gasteiger partial charge in [0, 0.05) is 29.3 Å². The summed E-state index contributed by atoms with van der Waals surface area (Å²) in [4.78, 5) is 19.3. The second kappa shape index (κ2) is 15.0. The normalized spacial score (nSPS) is 12.5. The first-order valence-corrected chi connectivity index (χ1v) is 17.1. The molecule has 0 amide bonds. The highest BCUT2D eigenvalue weighted by Gasteiger charge is 2.35. The Labute approximate surface area is 250 Å². The zero-order valence-corrected chi connectivity index (χ0v) is 27.2. The van der Waals surface area contributed by atoms with Crippen LogP contribution in [0, 0.1) is 12.3 Å². The van der Waals surface area contributed by atoms with E-state index in [4.69, 9.17) is 4.74 Å². The van der Waals surface area contributed by atoms with Gasteiger partial charge in [-0.3, -0.25) is 9.78 Å². The third-order valence-electron chi connectivity index (χ3n) is 6.90. The summed E-state index contributed by atoms with van der Waals surface area (Å²) in [7, 11) is 0.674. The number of carbonyl (C=O) groups is 1. The van der Waals surface area contributed by atoms with Crippen molar-refractivity contribution >= 4 is 16.0 Å². The highest BCUT2D eigenvalue weighted by molar-refractivity contribution is 8.32. The van der Waals surface area contributed by atoms with Gasteiger partial charge in [-0.2, -0.15) is 13.2 Å². The molecule has 0 saturated heterocycles. The molecule has 0 fully saturated rings. The maximum atomic E-state index is 13.4. The molecule has 42 heavy (non-hydrogen) atoms. The lowest BCUT2D eigenvalue weighted by Gasteiger charge is -2.24. The quantitative estimate of drug-likeness (QED) is 0.162. The molecule has 2 aromatic heterocycles. The van der Waals surface area contributed by atoms with Crippen LogP contribution in [0.25, 0.3) is 22.6 Å². The minimum absolute atomic E-state index is 0.00795. The van der Waals surface area contributed by atoms with Crippen molar-refractivity contribution in [2.24, 2.45) is 5.41 Å². The summed E-state index contributed by atoms with van der Waals surface area (Å²) in [5, 5.41) is 0. The Bertz CT molecular complexity index is 1300. The summed E-state index contributed by atoms with van der Waals surface area (Å²) < 4.78 is 51.8. The minimum Gasteiger partial charge on any atom is -0.469 e. The standard InChI is InChI=1S/C25H32F3N3OS.C7H14O2/c1-6-7-19-8-10-20(11-9-19)22-14-18(2)21(15-29-22)24-30-23(25(26,27)28)16-31(24)17-32-12-13-33(3,4)5;1-5-7(2,3)6(8)9-4/h8-11,14-16H,6-7,12-13,17H2,1-5H3;5H2,1-4H3. The maximum Gasteiger partial charge on any atom is 0.434 e. The Morgan fingerprint density at radius 1 is 1.07 bits per heavy atom. The molecule has 234 valence electrons. The van der Waals surface area contributed by atoms with Gasteiger partial charge in [-0.15, -0.1) is 0 Å². The van der Waals surface area contributed by atoms with Crippen LogP contribution >= 0.6 is 10.0 Å². The molecule has 2 heterocycles. The number of methoxy groups -OCH3 is 1. The summed E-state index contributed by atoms with van der Waals surface area (Å²) in [6.07, 6.45) is 7.53. The Morgan fingerprint density at radius 2 is 1.71 bits per heavy atom. The van der Waals surface area contributed by atoms with Crippen LogP contribution in [0.5, 0.6) is 0 Å². The number of halogens is 3. The Kier molecular flexibility index (Phi) is 12.7. The first kappa shape index (κ1) is 35.3. The van der Waals surface area contributed by atoms with Gasteiger partial charge in [-0.1, -0.05) is 44.5 Å². The number of aromatic nitrogens is 3. The topological polar surface area (TPSA) is 66.2 Å². The van der Waals surface area contributed by atoms with E-state index in [9.17, 15) is 18.0 Å². The molecular weight excluding hydrogens is 563 g/mol. The molecule has 0 unspecified atom stereocenters. The first-order chi connectivity index (χ1) is 19.5. The zero-order chi connectivity index (χ0) is 31.7. The van der Waals surface area contributed by atoms with E-state index in [2.05, 4.69) is 52.5 Å². The number of aryl methyl sites for hydroxylation is 2. The minimum atomic E-state index is -4.53. The van der Waals surface area contributed by atoms with Crippen LogP contribution in [-0.2, 0) is 33.6 Å². The maximum absolute atomic E-state index is 13.4. The van der Waals surface area contributed by atoms with E-state index in [0.29, 0.717) is 12.2 Å². The zero-order valence-electron chi connectivity index (χ0n) is 26.4. The van der Waals surface area contributed by atoms with Crippen LogP contribution < -0.4 is 0 Å². The fourth-order valence-corrected chi connectivity index (χ4v) is 4.45. The number of ether oxygens (including phenoxy) is 2. The predicted octanol–water partition coefficient (Wildman–Crippen LogP) is 8.16. The number of hydrogen-bond acceptors (Lipinski definition) is 5. The van der Waals surface area contributed by atoms with Gasteiger partial charge < -0.3 is 14.0 Å². The summed E-state index contributed by atoms with van der Waals surface area (Å²) in [5.41, 5.74) is 3.13. The average molecular weight is 610 g/mol. The molecule has 0 saturated carbocycles. The molecule has 3 rings (SSSR count). The van der Waals surface area contributed by atoms with Gasteiger partial charge in [0.15, 0.2) is 5.69 Å². The molecule has 0 aliphatic heterocycles. The summed E-state index contributed by atoms with van der Waals surface area (Å²) >= 11 is 0. The molecule has 0 bridgehead atoms. The smallest absolute Gasteiger partial charge is 0.434 e. The van der Waals surface area contributed by atoms with Crippen LogP contribution in [0.15, 0.2) is 42.7 Å². The molecule has 3 aromatic rings. The molecular formula is C32H46F3N3O3S. The van der Waals surface area contributed by atoms with E-state index in [-0.39, 0.29) is 23.9 Å². The third kappa shape index (κ3) is 10.5. The summed E-state index contributed by atoms with van der Waals surface area (Å²) in [6, 6.07) is 10.1. The Morgan fingerprint density at radius 3 is 2.19 bits per heavy atom. The highest BCUT2D eigenvalue weighted by atomic mass is 32.3. The lowest BCUT2D eigenvalue weighted by atomic mass is 9.91. The van der Waals surface area contributed by atoms with E-state index >= 15 is 0 Å². The molecule has 0 spiro atoms. The van der Waals surface area contributed by atoms with Gasteiger partial charge in [-0.05, 0) is 69.6 Å². The highest BCUT2D eigenvalue weighted by Crippen LogP contribution is 2.35. The van der Waals surface area contributed by atoms with E-state index in [0.717, 1.165) is 48.0 Å². The van der Waals surface area contributed by atoms with E-state index in [1.165, 1.54) is 17.2 Å². The lowest BCUT2D eigenvalue weighted by molar-refractivity contribution is -0.150. The molecule has 0 aliphatic carbocycles. The second-order valence-corrected chi connectivity index (χ2v) is 16.4. The van der Waals surface area contributed by atoms with Crippen molar-refractivity contribution < 1.29 is 27.4 Å². The fourth-order valence-electron chi connectivity index (χ4n) is 3.84. The SMILES string of the molecule is CCC(C)(C)C(=O)OC.CCCc1ccc(-c2cc(C)c(-c3nc(C(F)(F)F)cn3COCCS(C)(C)C)cn2)cc1. The van der Waals surface area contributed by atoms with Crippen LogP contribution in [-0.4, -0.2) is 58.7 Å². The lowest BCUT2D eigenvalue weighted by Crippen LogP contribution is -2.24. The van der Waals surface area contributed by atoms with Crippen LogP contribution in [0.4, 0.5) is 13.2 Å². The van der Waals surface area contributed by atoms with Gasteiger partial charge in [0.1, 0.15) is 12.6 Å². The van der Waals surface area contributed by atoms with Gasteiger partial charge in [0.05, 0.1) is 24.8 Å². The van der Waals surface area contributed by atoms with Crippen molar-refractivity contribution in [3.05, 3.63) is 59.5 Å². The van der Waals surface area contributed by atoms with Crippen LogP contribution in [0.3, 0.4) is 0 Å². The Balaban J connectivity index is 0.000000592. The van der Waals surface area contributed by atoms with E-state index < -0.39 is 21.9 Å². The number of pyridine rings is 1. The fraction of sp³-hybridized carbons (Fsp3) is 0.531. The summed E-state index contributed by atoms with van der Waals surface area (Å²) in [6.45, 7) is 10.2. The van der Waals surface area contributed by atoms with Gasteiger partial charge >= 0.3 is 12.1 Å². The first-order valence-electron chi connectivity index (χ1n) is 14.0. The largest absolute Gasteiger partial charge is 0.469 e. The number of nitrogens with zero attached hydrogens (tertiary/aromatic N) is 3. The molecule has 0 radical (unpaired) electrons. The van der Waals surface area contributed by atoms with Crippen molar-refractivity contribution in [3.8, 4) is 22.6 Å². The molecule has 0 aliphatic rings. The monoisotopic (exact) mass is 609 g/mol. The number of benzene rings is 1. The second-order valence-electron chi connectivity index (χ2n) is 11.8. The van der Waals surface area contributed by atoms with Gasteiger partial charge in [0.25, 0.3) is 0 Å². The number of imidazole rings is 1. The van der Waals surface area contributed by atoms with Crippen LogP contribution in [0.2, 0.25) is 0 Å². The molecule has 6 nitrogen and oxygen atoms in total. The Hall–Kier alpha value is -2.85. The van der Waals surface area contributed by atoms with Crippen molar-refractivity contribution in [1.29, 1.82) is 0 Å².